The molecule has 0 spiro atoms. The largest absolute Gasteiger partial charge is 0.494 e. The van der Waals surface area contributed by atoms with Crippen molar-refractivity contribution < 1.29 is 18.6 Å². The van der Waals surface area contributed by atoms with Crippen molar-refractivity contribution in [2.45, 2.75) is 38.7 Å². The number of nitrogens with one attached hydrogen (secondary N) is 2. The summed E-state index contributed by atoms with van der Waals surface area (Å²) in [6.07, 6.45) is 4.05. The number of aliphatic imine (C=N–C) groups is 1. The average Bonchev–Trinajstić information content (AvgIpc) is 3.19. The van der Waals surface area contributed by atoms with Gasteiger partial charge in [-0.1, -0.05) is 0 Å². The van der Waals surface area contributed by atoms with Gasteiger partial charge in [0.1, 0.15) is 11.6 Å². The Morgan fingerprint density at radius 3 is 2.71 bits per heavy atom. The number of nitrogens with zero attached hydrogens (tertiary/aromatic N) is 1. The van der Waals surface area contributed by atoms with Crippen LogP contribution < -0.4 is 15.4 Å². The van der Waals surface area contributed by atoms with Gasteiger partial charge >= 0.3 is 0 Å². The zero-order valence-electron chi connectivity index (χ0n) is 16.6. The van der Waals surface area contributed by atoms with Crippen LogP contribution in [-0.4, -0.2) is 58.1 Å². The number of guanidine groups is 1. The third kappa shape index (κ3) is 11.0. The van der Waals surface area contributed by atoms with Crippen LogP contribution in [0.25, 0.3) is 0 Å². The van der Waals surface area contributed by atoms with Gasteiger partial charge in [0.15, 0.2) is 5.96 Å². The molecule has 1 atom stereocenters. The molecule has 1 fully saturated rings. The lowest BCUT2D eigenvalue weighted by molar-refractivity contribution is 0.0424. The number of ether oxygens (including phenoxy) is 3. The molecule has 8 heteroatoms. The maximum absolute atomic E-state index is 12.8. The summed E-state index contributed by atoms with van der Waals surface area (Å²) in [5, 5.41) is 6.58. The number of hydrogen-bond donors (Lipinski definition) is 2. The van der Waals surface area contributed by atoms with Crippen LogP contribution in [0.4, 0.5) is 4.39 Å². The standard InChI is InChI=1S/C20H32FN3O3.HI/c1-2-22-20(24-12-5-14-27-19-10-15-25-16-19)23-11-3-4-13-26-18-8-6-17(21)7-9-18;/h6-9,19H,2-5,10-16H2,1H3,(H2,22,23,24);1H. The Bertz CT molecular complexity index is 540. The third-order valence-corrected chi connectivity index (χ3v) is 4.10. The minimum Gasteiger partial charge on any atom is -0.494 e. The number of hydrogen-bond acceptors (Lipinski definition) is 4. The fourth-order valence-electron chi connectivity index (χ4n) is 2.65. The quantitative estimate of drug-likeness (QED) is 0.196. The van der Waals surface area contributed by atoms with E-state index < -0.39 is 0 Å². The summed E-state index contributed by atoms with van der Waals surface area (Å²) in [6, 6.07) is 6.10. The molecule has 0 bridgehead atoms. The lowest BCUT2D eigenvalue weighted by Crippen LogP contribution is -2.38. The minimum absolute atomic E-state index is 0. The van der Waals surface area contributed by atoms with Gasteiger partial charge in [0.05, 0.1) is 19.3 Å². The second kappa shape index (κ2) is 15.8. The first-order valence-electron chi connectivity index (χ1n) is 9.88. The fourth-order valence-corrected chi connectivity index (χ4v) is 2.65. The second-order valence-electron chi connectivity index (χ2n) is 6.41. The Kier molecular flexibility index (Phi) is 14.0. The van der Waals surface area contributed by atoms with Crippen LogP contribution in [0.2, 0.25) is 0 Å². The summed E-state index contributed by atoms with van der Waals surface area (Å²) >= 11 is 0. The van der Waals surface area contributed by atoms with Gasteiger partial charge in [-0.3, -0.25) is 4.99 Å². The Morgan fingerprint density at radius 2 is 2.00 bits per heavy atom. The topological polar surface area (TPSA) is 64.1 Å². The molecule has 1 aliphatic rings. The first kappa shape index (κ1) is 24.9. The van der Waals surface area contributed by atoms with Crippen LogP contribution in [-0.2, 0) is 9.47 Å². The smallest absolute Gasteiger partial charge is 0.191 e. The SMILES string of the molecule is CCNC(=NCCCOC1CCOC1)NCCCCOc1ccc(F)cc1.I. The van der Waals surface area contributed by atoms with Gasteiger partial charge in [-0.05, 0) is 56.9 Å². The van der Waals surface area contributed by atoms with Crippen LogP contribution in [0.1, 0.15) is 32.6 Å². The second-order valence-corrected chi connectivity index (χ2v) is 6.41. The molecule has 2 rings (SSSR count). The van der Waals surface area contributed by atoms with Crippen molar-refractivity contribution in [2.24, 2.45) is 4.99 Å². The Morgan fingerprint density at radius 1 is 1.18 bits per heavy atom. The maximum Gasteiger partial charge on any atom is 0.191 e. The summed E-state index contributed by atoms with van der Waals surface area (Å²) in [7, 11) is 0. The lowest BCUT2D eigenvalue weighted by Gasteiger charge is -2.12. The Labute approximate surface area is 184 Å². The highest BCUT2D eigenvalue weighted by Gasteiger charge is 2.15. The molecule has 1 aliphatic heterocycles. The van der Waals surface area contributed by atoms with Gasteiger partial charge in [-0.2, -0.15) is 0 Å². The van der Waals surface area contributed by atoms with Crippen LogP contribution >= 0.6 is 24.0 Å². The third-order valence-electron chi connectivity index (χ3n) is 4.10. The van der Waals surface area contributed by atoms with Crippen LogP contribution in [0.15, 0.2) is 29.3 Å². The summed E-state index contributed by atoms with van der Waals surface area (Å²) in [6.45, 7) is 7.31. The van der Waals surface area contributed by atoms with Gasteiger partial charge in [0.25, 0.3) is 0 Å². The number of rotatable bonds is 12. The molecule has 0 saturated carbocycles. The van der Waals surface area contributed by atoms with Crippen molar-refractivity contribution in [3.63, 3.8) is 0 Å². The van der Waals surface area contributed by atoms with E-state index in [9.17, 15) is 4.39 Å². The molecule has 6 nitrogen and oxygen atoms in total. The molecule has 1 saturated heterocycles. The average molecular weight is 509 g/mol. The van der Waals surface area contributed by atoms with E-state index in [0.29, 0.717) is 12.4 Å². The summed E-state index contributed by atoms with van der Waals surface area (Å²) in [5.74, 6) is 1.28. The normalized spacial score (nSPS) is 16.5. The molecular weight excluding hydrogens is 476 g/mol. The highest BCUT2D eigenvalue weighted by molar-refractivity contribution is 14.0. The van der Waals surface area contributed by atoms with Crippen molar-refractivity contribution in [3.05, 3.63) is 30.1 Å². The molecule has 0 radical (unpaired) electrons. The van der Waals surface area contributed by atoms with E-state index in [1.54, 1.807) is 12.1 Å². The molecule has 160 valence electrons. The molecule has 1 heterocycles. The molecule has 2 N–H and O–H groups in total. The maximum atomic E-state index is 12.8. The lowest BCUT2D eigenvalue weighted by atomic mass is 10.3. The van der Waals surface area contributed by atoms with Crippen molar-refractivity contribution in [2.75, 3.05) is 46.1 Å². The molecule has 1 unspecified atom stereocenters. The molecule has 28 heavy (non-hydrogen) atoms. The van der Waals surface area contributed by atoms with Crippen LogP contribution in [0.3, 0.4) is 0 Å². The predicted octanol–water partition coefficient (Wildman–Crippen LogP) is 3.35. The molecular formula is C20H33FIN3O3. The summed E-state index contributed by atoms with van der Waals surface area (Å²) in [5.41, 5.74) is 0. The highest BCUT2D eigenvalue weighted by atomic mass is 127. The van der Waals surface area contributed by atoms with E-state index in [1.807, 2.05) is 0 Å². The van der Waals surface area contributed by atoms with Gasteiger partial charge in [0.2, 0.25) is 0 Å². The molecule has 0 amide bonds. The molecule has 1 aromatic rings. The minimum atomic E-state index is -0.249. The Balaban J connectivity index is 0.00000392. The van der Waals surface area contributed by atoms with E-state index in [4.69, 9.17) is 14.2 Å². The summed E-state index contributed by atoms with van der Waals surface area (Å²) < 4.78 is 29.4. The van der Waals surface area contributed by atoms with Crippen LogP contribution in [0, 0.1) is 5.82 Å². The molecule has 0 aromatic heterocycles. The zero-order chi connectivity index (χ0) is 19.2. The van der Waals surface area contributed by atoms with E-state index in [-0.39, 0.29) is 35.9 Å². The van der Waals surface area contributed by atoms with Crippen molar-refractivity contribution in [1.82, 2.24) is 10.6 Å². The van der Waals surface area contributed by atoms with E-state index in [0.717, 1.165) is 71.1 Å². The number of benzene rings is 1. The van der Waals surface area contributed by atoms with E-state index in [1.165, 1.54) is 12.1 Å². The Hall–Kier alpha value is -1.13. The fraction of sp³-hybridized carbons (Fsp3) is 0.650. The van der Waals surface area contributed by atoms with E-state index in [2.05, 4.69) is 22.5 Å². The summed E-state index contributed by atoms with van der Waals surface area (Å²) in [4.78, 5) is 4.57. The van der Waals surface area contributed by atoms with Crippen molar-refractivity contribution in [3.8, 4) is 5.75 Å². The first-order valence-corrected chi connectivity index (χ1v) is 9.88. The zero-order valence-corrected chi connectivity index (χ0v) is 19.0. The number of halogens is 2. The van der Waals surface area contributed by atoms with Gasteiger partial charge < -0.3 is 24.8 Å². The first-order chi connectivity index (χ1) is 13.3. The van der Waals surface area contributed by atoms with E-state index >= 15 is 0 Å². The van der Waals surface area contributed by atoms with Crippen molar-refractivity contribution >= 4 is 29.9 Å². The molecule has 0 aliphatic carbocycles. The number of unbranched alkanes of at least 4 members (excludes halogenated alkanes) is 1. The van der Waals surface area contributed by atoms with Crippen LogP contribution in [0.5, 0.6) is 5.75 Å². The van der Waals surface area contributed by atoms with Gasteiger partial charge in [-0.15, -0.1) is 24.0 Å². The predicted molar refractivity (Wildman–Crippen MR) is 120 cm³/mol. The van der Waals surface area contributed by atoms with Gasteiger partial charge in [0, 0.05) is 32.8 Å². The van der Waals surface area contributed by atoms with Gasteiger partial charge in [-0.25, -0.2) is 4.39 Å². The molecule has 1 aromatic carbocycles. The monoisotopic (exact) mass is 509 g/mol. The highest BCUT2D eigenvalue weighted by Crippen LogP contribution is 2.11. The van der Waals surface area contributed by atoms with Crippen molar-refractivity contribution in [1.29, 1.82) is 0 Å².